The number of carbonyl (C=O) groups is 1. The molecule has 8 heteroatoms. The molecule has 1 fully saturated rings. The van der Waals surface area contributed by atoms with Gasteiger partial charge in [-0.3, -0.25) is 14.9 Å². The van der Waals surface area contributed by atoms with E-state index in [0.29, 0.717) is 43.2 Å². The second kappa shape index (κ2) is 7.83. The minimum Gasteiger partial charge on any atom is -0.339 e. The van der Waals surface area contributed by atoms with Gasteiger partial charge in [-0.05, 0) is 25.8 Å². The number of hydrogen-bond acceptors (Lipinski definition) is 6. The maximum Gasteiger partial charge on any atom is 0.270 e. The zero-order valence-corrected chi connectivity index (χ0v) is 15.9. The first kappa shape index (κ1) is 18.8. The predicted octanol–water partition coefficient (Wildman–Crippen LogP) is 3.97. The van der Waals surface area contributed by atoms with Crippen molar-refractivity contribution in [2.24, 2.45) is 0 Å². The fourth-order valence-electron chi connectivity index (χ4n) is 3.49. The van der Waals surface area contributed by atoms with Crippen molar-refractivity contribution in [1.82, 2.24) is 15.0 Å². The molecule has 0 N–H and O–H groups in total. The van der Waals surface area contributed by atoms with Crippen molar-refractivity contribution in [3.05, 3.63) is 75.7 Å². The lowest BCUT2D eigenvalue weighted by molar-refractivity contribution is -0.384. The van der Waals surface area contributed by atoms with E-state index in [1.807, 2.05) is 31.2 Å². The first-order valence-electron chi connectivity index (χ1n) is 9.45. The highest BCUT2D eigenvalue weighted by atomic mass is 16.6. The number of likely N-dealkylation sites (tertiary alicyclic amines) is 1. The van der Waals surface area contributed by atoms with Gasteiger partial charge >= 0.3 is 0 Å². The minimum atomic E-state index is -0.496. The van der Waals surface area contributed by atoms with Crippen molar-refractivity contribution in [2.45, 2.75) is 25.7 Å². The number of benzene rings is 2. The molecule has 0 aliphatic carbocycles. The van der Waals surface area contributed by atoms with Gasteiger partial charge in [0.25, 0.3) is 11.6 Å². The molecule has 0 radical (unpaired) electrons. The van der Waals surface area contributed by atoms with E-state index in [1.54, 1.807) is 11.0 Å². The van der Waals surface area contributed by atoms with Crippen molar-refractivity contribution in [2.75, 3.05) is 13.1 Å². The van der Waals surface area contributed by atoms with Crippen LogP contribution in [0.1, 0.15) is 40.6 Å². The lowest BCUT2D eigenvalue weighted by atomic mass is 9.96. The summed E-state index contributed by atoms with van der Waals surface area (Å²) in [6.45, 7) is 3.09. The van der Waals surface area contributed by atoms with Gasteiger partial charge in [-0.1, -0.05) is 41.1 Å². The highest BCUT2D eigenvalue weighted by Gasteiger charge is 2.28. The molecule has 0 saturated carbocycles. The van der Waals surface area contributed by atoms with Gasteiger partial charge in [-0.2, -0.15) is 4.98 Å². The number of rotatable bonds is 4. The number of nitro benzene ring substituents is 1. The van der Waals surface area contributed by atoms with Crippen molar-refractivity contribution >= 4 is 11.6 Å². The van der Waals surface area contributed by atoms with E-state index in [9.17, 15) is 14.9 Å². The molecule has 3 aromatic rings. The lowest BCUT2D eigenvalue weighted by Crippen LogP contribution is -2.38. The minimum absolute atomic E-state index is 0.0831. The van der Waals surface area contributed by atoms with Gasteiger partial charge in [0.1, 0.15) is 0 Å². The zero-order chi connectivity index (χ0) is 20.4. The van der Waals surface area contributed by atoms with Gasteiger partial charge in [0.2, 0.25) is 11.7 Å². The van der Waals surface area contributed by atoms with Crippen LogP contribution in [0.5, 0.6) is 0 Å². The summed E-state index contributed by atoms with van der Waals surface area (Å²) in [6, 6.07) is 13.8. The van der Waals surface area contributed by atoms with E-state index in [-0.39, 0.29) is 17.5 Å². The molecule has 1 aromatic heterocycles. The average molecular weight is 392 g/mol. The molecule has 0 atom stereocenters. The summed E-state index contributed by atoms with van der Waals surface area (Å²) in [7, 11) is 0. The molecule has 1 aliphatic rings. The number of nitrogens with zero attached hydrogens (tertiary/aromatic N) is 4. The molecule has 0 unspecified atom stereocenters. The molecule has 4 rings (SSSR count). The van der Waals surface area contributed by atoms with Crippen LogP contribution < -0.4 is 0 Å². The van der Waals surface area contributed by atoms with Crippen LogP contribution in [0.25, 0.3) is 11.4 Å². The Morgan fingerprint density at radius 2 is 1.90 bits per heavy atom. The Hall–Kier alpha value is -3.55. The molecule has 1 amide bonds. The second-order valence-corrected chi connectivity index (χ2v) is 7.20. The topological polar surface area (TPSA) is 102 Å². The average Bonchev–Trinajstić information content (AvgIpc) is 3.24. The van der Waals surface area contributed by atoms with Gasteiger partial charge in [0.15, 0.2) is 0 Å². The van der Waals surface area contributed by atoms with Gasteiger partial charge < -0.3 is 9.42 Å². The summed E-state index contributed by atoms with van der Waals surface area (Å²) in [6.07, 6.45) is 1.41. The van der Waals surface area contributed by atoms with Gasteiger partial charge in [0, 0.05) is 42.3 Å². The SMILES string of the molecule is Cc1ccc(-c2noc(C3CCN(C(=O)c4cccc([N+](=O)[O-])c4)CC3)n2)cc1. The fourth-order valence-corrected chi connectivity index (χ4v) is 3.49. The molecule has 8 nitrogen and oxygen atoms in total. The maximum absolute atomic E-state index is 12.7. The number of hydrogen-bond donors (Lipinski definition) is 0. The van der Waals surface area contributed by atoms with E-state index in [0.717, 1.165) is 5.56 Å². The van der Waals surface area contributed by atoms with Crippen LogP contribution in [0.2, 0.25) is 0 Å². The number of aromatic nitrogens is 2. The van der Waals surface area contributed by atoms with Gasteiger partial charge in [-0.15, -0.1) is 0 Å². The van der Waals surface area contributed by atoms with E-state index >= 15 is 0 Å². The van der Waals surface area contributed by atoms with Crippen LogP contribution in [-0.2, 0) is 0 Å². The van der Waals surface area contributed by atoms with Crippen molar-refractivity contribution in [3.63, 3.8) is 0 Å². The third kappa shape index (κ3) is 4.01. The molecule has 0 spiro atoms. The number of carbonyl (C=O) groups excluding carboxylic acids is 1. The Bertz CT molecular complexity index is 1040. The molecule has 29 heavy (non-hydrogen) atoms. The normalized spacial score (nSPS) is 14.7. The third-order valence-corrected chi connectivity index (χ3v) is 5.19. The molecule has 2 aromatic carbocycles. The largest absolute Gasteiger partial charge is 0.339 e. The molecule has 2 heterocycles. The smallest absolute Gasteiger partial charge is 0.270 e. The summed E-state index contributed by atoms with van der Waals surface area (Å²) >= 11 is 0. The Kier molecular flexibility index (Phi) is 5.07. The summed E-state index contributed by atoms with van der Waals surface area (Å²) < 4.78 is 5.47. The van der Waals surface area contributed by atoms with Crippen LogP contribution in [0.15, 0.2) is 53.1 Å². The van der Waals surface area contributed by atoms with Crippen molar-refractivity contribution in [1.29, 1.82) is 0 Å². The first-order valence-corrected chi connectivity index (χ1v) is 9.45. The molecule has 0 bridgehead atoms. The van der Waals surface area contributed by atoms with E-state index < -0.39 is 4.92 Å². The number of non-ortho nitro benzene ring substituents is 1. The van der Waals surface area contributed by atoms with Gasteiger partial charge in [0.05, 0.1) is 4.92 Å². The van der Waals surface area contributed by atoms with Crippen LogP contribution in [0, 0.1) is 17.0 Å². The molecular formula is C21H20N4O4. The maximum atomic E-state index is 12.7. The van der Waals surface area contributed by atoms with E-state index in [2.05, 4.69) is 10.1 Å². The summed E-state index contributed by atoms with van der Waals surface area (Å²) in [5.74, 6) is 1.05. The molecule has 148 valence electrons. The Morgan fingerprint density at radius 1 is 1.17 bits per heavy atom. The first-order chi connectivity index (χ1) is 14.0. The quantitative estimate of drug-likeness (QED) is 0.492. The van der Waals surface area contributed by atoms with E-state index in [4.69, 9.17) is 4.52 Å². The van der Waals surface area contributed by atoms with Crippen LogP contribution in [0.4, 0.5) is 5.69 Å². The predicted molar refractivity (Wildman–Crippen MR) is 105 cm³/mol. The standard InChI is InChI=1S/C21H20N4O4/c1-14-5-7-15(8-6-14)19-22-20(29-23-19)16-9-11-24(12-10-16)21(26)17-3-2-4-18(13-17)25(27)28/h2-8,13,16H,9-12H2,1H3. The van der Waals surface area contributed by atoms with Crippen LogP contribution >= 0.6 is 0 Å². The van der Waals surface area contributed by atoms with E-state index in [1.165, 1.54) is 23.8 Å². The lowest BCUT2D eigenvalue weighted by Gasteiger charge is -2.30. The highest BCUT2D eigenvalue weighted by molar-refractivity contribution is 5.94. The molecule has 1 saturated heterocycles. The number of piperidine rings is 1. The van der Waals surface area contributed by atoms with Gasteiger partial charge in [-0.25, -0.2) is 0 Å². The Labute approximate surface area is 167 Å². The molecule has 1 aliphatic heterocycles. The Balaban J connectivity index is 1.41. The second-order valence-electron chi connectivity index (χ2n) is 7.20. The fraction of sp³-hybridized carbons (Fsp3) is 0.286. The van der Waals surface area contributed by atoms with Crippen molar-refractivity contribution < 1.29 is 14.2 Å². The number of amides is 1. The third-order valence-electron chi connectivity index (χ3n) is 5.19. The monoisotopic (exact) mass is 392 g/mol. The number of aryl methyl sites for hydroxylation is 1. The van der Waals surface area contributed by atoms with Crippen LogP contribution in [-0.4, -0.2) is 39.0 Å². The van der Waals surface area contributed by atoms with Crippen LogP contribution in [0.3, 0.4) is 0 Å². The number of nitro groups is 1. The summed E-state index contributed by atoms with van der Waals surface area (Å²) in [5, 5.41) is 15.0. The zero-order valence-electron chi connectivity index (χ0n) is 15.9. The Morgan fingerprint density at radius 3 is 2.59 bits per heavy atom. The summed E-state index contributed by atoms with van der Waals surface area (Å²) in [4.78, 5) is 29.4. The van der Waals surface area contributed by atoms with Crippen molar-refractivity contribution in [3.8, 4) is 11.4 Å². The molecular weight excluding hydrogens is 372 g/mol. The highest BCUT2D eigenvalue weighted by Crippen LogP contribution is 2.29. The summed E-state index contributed by atoms with van der Waals surface area (Å²) in [5.41, 5.74) is 2.32.